The summed E-state index contributed by atoms with van der Waals surface area (Å²) in [6, 6.07) is 50.9. The van der Waals surface area contributed by atoms with Crippen molar-refractivity contribution in [3.05, 3.63) is 145 Å². The van der Waals surface area contributed by atoms with Gasteiger partial charge in [0.15, 0.2) is 0 Å². The lowest BCUT2D eigenvalue weighted by Gasteiger charge is -2.18. The van der Waals surface area contributed by atoms with Gasteiger partial charge in [-0.3, -0.25) is 0 Å². The topological polar surface area (TPSA) is 0 Å². The number of benzene rings is 7. The van der Waals surface area contributed by atoms with E-state index in [1.165, 1.54) is 71.3 Å². The second kappa shape index (κ2) is 8.76. The highest BCUT2D eigenvalue weighted by Crippen LogP contribution is 2.44. The zero-order valence-corrected chi connectivity index (χ0v) is 20.8. The SMILES string of the molecule is Cc1cccc(-c2c3ccccc3c(-c3cccc(-c4ccc5ccccc5c4)c3)c3ccccc23)c1. The first-order chi connectivity index (χ1) is 18.3. The summed E-state index contributed by atoms with van der Waals surface area (Å²) in [4.78, 5) is 0. The van der Waals surface area contributed by atoms with Crippen LogP contribution in [0.25, 0.3) is 65.7 Å². The number of hydrogen-bond donors (Lipinski definition) is 0. The molecule has 0 heteroatoms. The van der Waals surface area contributed by atoms with Crippen LogP contribution in [0, 0.1) is 6.92 Å². The molecule has 0 aromatic heterocycles. The van der Waals surface area contributed by atoms with Crippen molar-refractivity contribution >= 4 is 32.3 Å². The fourth-order valence-corrected chi connectivity index (χ4v) is 5.77. The maximum atomic E-state index is 2.35. The summed E-state index contributed by atoms with van der Waals surface area (Å²) in [5.74, 6) is 0. The lowest BCUT2D eigenvalue weighted by atomic mass is 9.85. The highest BCUT2D eigenvalue weighted by molar-refractivity contribution is 6.21. The van der Waals surface area contributed by atoms with Gasteiger partial charge in [-0.05, 0) is 84.8 Å². The summed E-state index contributed by atoms with van der Waals surface area (Å²) >= 11 is 0. The van der Waals surface area contributed by atoms with Crippen molar-refractivity contribution < 1.29 is 0 Å². The molecular formula is C37H26. The van der Waals surface area contributed by atoms with Gasteiger partial charge in [0.2, 0.25) is 0 Å². The van der Waals surface area contributed by atoms with Crippen LogP contribution >= 0.6 is 0 Å². The van der Waals surface area contributed by atoms with E-state index in [0.29, 0.717) is 0 Å². The van der Waals surface area contributed by atoms with E-state index in [1.807, 2.05) is 0 Å². The van der Waals surface area contributed by atoms with E-state index in [1.54, 1.807) is 0 Å². The van der Waals surface area contributed by atoms with Crippen molar-refractivity contribution in [1.82, 2.24) is 0 Å². The van der Waals surface area contributed by atoms with E-state index in [0.717, 1.165) is 0 Å². The number of aryl methyl sites for hydroxylation is 1. The van der Waals surface area contributed by atoms with Crippen LogP contribution in [-0.2, 0) is 0 Å². The predicted octanol–water partition coefficient (Wildman–Crippen LogP) is 10.5. The largest absolute Gasteiger partial charge is 0.0616 e. The first-order valence-corrected chi connectivity index (χ1v) is 12.9. The molecule has 0 atom stereocenters. The molecule has 7 aromatic rings. The highest BCUT2D eigenvalue weighted by atomic mass is 14.2. The molecule has 0 spiro atoms. The number of rotatable bonds is 3. The second-order valence-corrected chi connectivity index (χ2v) is 9.85. The van der Waals surface area contributed by atoms with Crippen molar-refractivity contribution in [2.75, 3.05) is 0 Å². The summed E-state index contributed by atoms with van der Waals surface area (Å²) in [5.41, 5.74) is 8.87. The van der Waals surface area contributed by atoms with Crippen LogP contribution in [0.4, 0.5) is 0 Å². The van der Waals surface area contributed by atoms with Crippen LogP contribution in [0.15, 0.2) is 140 Å². The maximum Gasteiger partial charge on any atom is -0.00262 e. The fraction of sp³-hybridized carbons (Fsp3) is 0.0270. The minimum absolute atomic E-state index is 1.24. The molecule has 0 aliphatic rings. The Morgan fingerprint density at radius 3 is 1.43 bits per heavy atom. The highest BCUT2D eigenvalue weighted by Gasteiger charge is 2.16. The summed E-state index contributed by atoms with van der Waals surface area (Å²) in [5, 5.41) is 7.69. The Hall–Kier alpha value is -4.68. The Balaban J connectivity index is 1.51. The summed E-state index contributed by atoms with van der Waals surface area (Å²) < 4.78 is 0. The minimum atomic E-state index is 1.24. The molecule has 0 nitrogen and oxygen atoms in total. The molecule has 0 bridgehead atoms. The quantitative estimate of drug-likeness (QED) is 0.225. The molecule has 37 heavy (non-hydrogen) atoms. The van der Waals surface area contributed by atoms with Gasteiger partial charge in [0.1, 0.15) is 0 Å². The molecule has 0 aliphatic heterocycles. The van der Waals surface area contributed by atoms with Crippen LogP contribution in [-0.4, -0.2) is 0 Å². The summed E-state index contributed by atoms with van der Waals surface area (Å²) in [6.07, 6.45) is 0. The minimum Gasteiger partial charge on any atom is -0.0616 e. The van der Waals surface area contributed by atoms with Crippen LogP contribution < -0.4 is 0 Å². The molecule has 0 unspecified atom stereocenters. The van der Waals surface area contributed by atoms with Crippen LogP contribution in [0.5, 0.6) is 0 Å². The monoisotopic (exact) mass is 470 g/mol. The zero-order valence-electron chi connectivity index (χ0n) is 20.8. The Morgan fingerprint density at radius 1 is 0.324 bits per heavy atom. The zero-order chi connectivity index (χ0) is 24.8. The second-order valence-electron chi connectivity index (χ2n) is 9.85. The summed E-state index contributed by atoms with van der Waals surface area (Å²) in [6.45, 7) is 2.17. The van der Waals surface area contributed by atoms with E-state index >= 15 is 0 Å². The van der Waals surface area contributed by atoms with E-state index in [2.05, 4.69) is 146 Å². The number of hydrogen-bond acceptors (Lipinski definition) is 0. The molecule has 0 saturated carbocycles. The molecule has 0 amide bonds. The van der Waals surface area contributed by atoms with Gasteiger partial charge in [0.05, 0.1) is 0 Å². The van der Waals surface area contributed by atoms with E-state index in [4.69, 9.17) is 0 Å². The maximum absolute atomic E-state index is 2.35. The smallest absolute Gasteiger partial charge is 0.00262 e. The average Bonchev–Trinajstić information content (AvgIpc) is 2.95. The van der Waals surface area contributed by atoms with Crippen molar-refractivity contribution in [3.8, 4) is 33.4 Å². The van der Waals surface area contributed by atoms with Crippen LogP contribution in [0.1, 0.15) is 5.56 Å². The number of fused-ring (bicyclic) bond motifs is 3. The molecule has 7 rings (SSSR count). The fourth-order valence-electron chi connectivity index (χ4n) is 5.77. The molecule has 0 heterocycles. The lowest BCUT2D eigenvalue weighted by Crippen LogP contribution is -1.91. The van der Waals surface area contributed by atoms with Crippen LogP contribution in [0.3, 0.4) is 0 Å². The van der Waals surface area contributed by atoms with Crippen molar-refractivity contribution in [2.24, 2.45) is 0 Å². The van der Waals surface area contributed by atoms with Gasteiger partial charge < -0.3 is 0 Å². The molecule has 0 aliphatic carbocycles. The summed E-state index contributed by atoms with van der Waals surface area (Å²) in [7, 11) is 0. The first kappa shape index (κ1) is 21.6. The molecule has 0 fully saturated rings. The van der Waals surface area contributed by atoms with Gasteiger partial charge >= 0.3 is 0 Å². The Bertz CT molecular complexity index is 1880. The van der Waals surface area contributed by atoms with Gasteiger partial charge in [-0.1, -0.05) is 133 Å². The van der Waals surface area contributed by atoms with E-state index in [-0.39, 0.29) is 0 Å². The standard InChI is InChI=1S/C37H26/c1-25-10-8-14-30(22-25)36-32-16-4-6-18-34(32)37(35-19-7-5-17-33(35)36)31-15-9-13-28(24-31)29-21-20-26-11-2-3-12-27(26)23-29/h2-24H,1H3. The Kier molecular flexibility index (Phi) is 5.11. The van der Waals surface area contributed by atoms with E-state index in [9.17, 15) is 0 Å². The average molecular weight is 471 g/mol. The third kappa shape index (κ3) is 3.70. The van der Waals surface area contributed by atoms with Gasteiger partial charge in [0.25, 0.3) is 0 Å². The molecule has 174 valence electrons. The van der Waals surface area contributed by atoms with Crippen molar-refractivity contribution in [3.63, 3.8) is 0 Å². The normalized spacial score (nSPS) is 11.4. The lowest BCUT2D eigenvalue weighted by molar-refractivity contribution is 1.47. The van der Waals surface area contributed by atoms with Gasteiger partial charge in [-0.2, -0.15) is 0 Å². The molecule has 0 saturated heterocycles. The van der Waals surface area contributed by atoms with Gasteiger partial charge in [0, 0.05) is 0 Å². The Morgan fingerprint density at radius 2 is 0.811 bits per heavy atom. The Labute approximate surface area is 217 Å². The molecule has 7 aromatic carbocycles. The predicted molar refractivity (Wildman–Crippen MR) is 160 cm³/mol. The van der Waals surface area contributed by atoms with Crippen molar-refractivity contribution in [1.29, 1.82) is 0 Å². The first-order valence-electron chi connectivity index (χ1n) is 12.9. The van der Waals surface area contributed by atoms with Gasteiger partial charge in [-0.25, -0.2) is 0 Å². The van der Waals surface area contributed by atoms with E-state index < -0.39 is 0 Å². The molecule has 0 N–H and O–H groups in total. The van der Waals surface area contributed by atoms with Gasteiger partial charge in [-0.15, -0.1) is 0 Å². The third-order valence-corrected chi connectivity index (χ3v) is 7.47. The molecular weight excluding hydrogens is 444 g/mol. The molecule has 0 radical (unpaired) electrons. The van der Waals surface area contributed by atoms with Crippen molar-refractivity contribution in [2.45, 2.75) is 6.92 Å². The third-order valence-electron chi connectivity index (χ3n) is 7.47. The van der Waals surface area contributed by atoms with Crippen LogP contribution in [0.2, 0.25) is 0 Å².